The molecule has 3 atom stereocenters. The molecule has 1 unspecified atom stereocenters. The number of hydrogen-bond donors (Lipinski definition) is 2. The molecule has 0 saturated heterocycles. The zero-order valence-electron chi connectivity index (χ0n) is 14.7. The van der Waals surface area contributed by atoms with Crippen LogP contribution < -0.4 is 5.32 Å². The fourth-order valence-electron chi connectivity index (χ4n) is 3.89. The van der Waals surface area contributed by atoms with Crippen LogP contribution in [0.5, 0.6) is 0 Å². The summed E-state index contributed by atoms with van der Waals surface area (Å²) in [6, 6.07) is 9.38. The second-order valence-corrected chi connectivity index (χ2v) is 7.02. The summed E-state index contributed by atoms with van der Waals surface area (Å²) in [5.41, 5.74) is 1.28. The summed E-state index contributed by atoms with van der Waals surface area (Å²) in [4.78, 5) is 17.3. The SMILES string of the molecule is Cc1ncc2ccccc2c1C(=O)N[C@@H]1CC(Cn2cccn2)C[C@H]1O. The highest BCUT2D eigenvalue weighted by atomic mass is 16.3. The molecule has 0 bridgehead atoms. The third kappa shape index (κ3) is 3.20. The highest BCUT2D eigenvalue weighted by Gasteiger charge is 2.34. The minimum atomic E-state index is -0.539. The van der Waals surface area contributed by atoms with Crippen LogP contribution in [0.4, 0.5) is 0 Å². The summed E-state index contributed by atoms with van der Waals surface area (Å²) in [7, 11) is 0. The smallest absolute Gasteiger partial charge is 0.254 e. The molecule has 6 heteroatoms. The Balaban J connectivity index is 1.51. The van der Waals surface area contributed by atoms with E-state index in [-0.39, 0.29) is 11.9 Å². The molecule has 2 aromatic heterocycles. The normalized spacial score (nSPS) is 22.6. The molecule has 1 fully saturated rings. The summed E-state index contributed by atoms with van der Waals surface area (Å²) in [5.74, 6) is 0.123. The van der Waals surface area contributed by atoms with Gasteiger partial charge in [0.15, 0.2) is 0 Å². The molecular formula is C20H22N4O2. The van der Waals surface area contributed by atoms with E-state index in [1.807, 2.05) is 48.1 Å². The van der Waals surface area contributed by atoms with Gasteiger partial charge in [-0.3, -0.25) is 14.5 Å². The summed E-state index contributed by atoms with van der Waals surface area (Å²) in [5, 5.41) is 19.5. The Kier molecular flexibility index (Phi) is 4.42. The second-order valence-electron chi connectivity index (χ2n) is 7.02. The van der Waals surface area contributed by atoms with Crippen LogP contribution in [0.15, 0.2) is 48.9 Å². The number of benzene rings is 1. The minimum Gasteiger partial charge on any atom is -0.391 e. The van der Waals surface area contributed by atoms with Crippen LogP contribution in [-0.4, -0.2) is 37.9 Å². The van der Waals surface area contributed by atoms with Crippen molar-refractivity contribution >= 4 is 16.7 Å². The van der Waals surface area contributed by atoms with Crippen molar-refractivity contribution in [3.63, 3.8) is 0 Å². The molecule has 4 rings (SSSR count). The number of hydrogen-bond acceptors (Lipinski definition) is 4. The molecule has 2 heterocycles. The van der Waals surface area contributed by atoms with Gasteiger partial charge in [0, 0.05) is 30.5 Å². The number of fused-ring (bicyclic) bond motifs is 1. The average molecular weight is 350 g/mol. The predicted molar refractivity (Wildman–Crippen MR) is 98.7 cm³/mol. The number of amides is 1. The van der Waals surface area contributed by atoms with E-state index in [0.29, 0.717) is 23.6 Å². The van der Waals surface area contributed by atoms with Gasteiger partial charge < -0.3 is 10.4 Å². The van der Waals surface area contributed by atoms with Crippen molar-refractivity contribution in [1.29, 1.82) is 0 Å². The zero-order valence-corrected chi connectivity index (χ0v) is 14.7. The Morgan fingerprint density at radius 2 is 2.15 bits per heavy atom. The van der Waals surface area contributed by atoms with Crippen LogP contribution in [0.1, 0.15) is 28.9 Å². The monoisotopic (exact) mass is 350 g/mol. The number of aryl methyl sites for hydroxylation is 1. The topological polar surface area (TPSA) is 80.0 Å². The van der Waals surface area contributed by atoms with E-state index >= 15 is 0 Å². The zero-order chi connectivity index (χ0) is 18.1. The first-order valence-electron chi connectivity index (χ1n) is 8.92. The first kappa shape index (κ1) is 16.7. The lowest BCUT2D eigenvalue weighted by Crippen LogP contribution is -2.40. The first-order chi connectivity index (χ1) is 12.6. The van der Waals surface area contributed by atoms with Gasteiger partial charge in [0.1, 0.15) is 0 Å². The lowest BCUT2D eigenvalue weighted by Gasteiger charge is -2.18. The van der Waals surface area contributed by atoms with Gasteiger partial charge in [-0.1, -0.05) is 24.3 Å². The van der Waals surface area contributed by atoms with Crippen LogP contribution in [0, 0.1) is 12.8 Å². The first-order valence-corrected chi connectivity index (χ1v) is 8.92. The number of carbonyl (C=O) groups is 1. The summed E-state index contributed by atoms with van der Waals surface area (Å²) in [6.45, 7) is 2.60. The standard InChI is InChI=1S/C20H22N4O2/c1-13-19(16-6-3-2-5-15(16)11-21-13)20(26)23-17-9-14(10-18(17)25)12-24-8-4-7-22-24/h2-8,11,14,17-18,25H,9-10,12H2,1H3,(H,23,26)/t14?,17-,18-/m1/s1. The highest BCUT2D eigenvalue weighted by molar-refractivity contribution is 6.07. The van der Waals surface area contributed by atoms with E-state index in [0.717, 1.165) is 23.7 Å². The molecule has 2 N–H and O–H groups in total. The van der Waals surface area contributed by atoms with Crippen molar-refractivity contribution < 1.29 is 9.90 Å². The average Bonchev–Trinajstić information content (AvgIpc) is 3.25. The number of rotatable bonds is 4. The predicted octanol–water partition coefficient (Wildman–Crippen LogP) is 2.31. The molecule has 6 nitrogen and oxygen atoms in total. The molecule has 26 heavy (non-hydrogen) atoms. The minimum absolute atomic E-state index is 0.171. The molecule has 3 aromatic rings. The van der Waals surface area contributed by atoms with Gasteiger partial charge in [0.05, 0.1) is 23.4 Å². The Bertz CT molecular complexity index is 923. The molecule has 1 amide bonds. The van der Waals surface area contributed by atoms with Crippen molar-refractivity contribution in [2.75, 3.05) is 0 Å². The molecular weight excluding hydrogens is 328 g/mol. The number of aromatic nitrogens is 3. The Morgan fingerprint density at radius 3 is 2.96 bits per heavy atom. The fraction of sp³-hybridized carbons (Fsp3) is 0.350. The van der Waals surface area contributed by atoms with E-state index in [4.69, 9.17) is 0 Å². The van der Waals surface area contributed by atoms with Crippen molar-refractivity contribution in [3.05, 3.63) is 60.2 Å². The largest absolute Gasteiger partial charge is 0.391 e. The Hall–Kier alpha value is -2.73. The van der Waals surface area contributed by atoms with E-state index in [1.54, 1.807) is 12.4 Å². The van der Waals surface area contributed by atoms with Gasteiger partial charge in [-0.05, 0) is 37.1 Å². The van der Waals surface area contributed by atoms with Gasteiger partial charge in [0.2, 0.25) is 0 Å². The second kappa shape index (κ2) is 6.88. The van der Waals surface area contributed by atoms with Gasteiger partial charge in [-0.15, -0.1) is 0 Å². The van der Waals surface area contributed by atoms with Crippen LogP contribution in [-0.2, 0) is 6.54 Å². The number of nitrogens with zero attached hydrogens (tertiary/aromatic N) is 3. The summed E-state index contributed by atoms with van der Waals surface area (Å²) >= 11 is 0. The van der Waals surface area contributed by atoms with Crippen LogP contribution in [0.3, 0.4) is 0 Å². The molecule has 1 aromatic carbocycles. The maximum Gasteiger partial charge on any atom is 0.254 e. The molecule has 1 saturated carbocycles. The van der Waals surface area contributed by atoms with Crippen molar-refractivity contribution in [2.24, 2.45) is 5.92 Å². The number of pyridine rings is 1. The summed E-state index contributed by atoms with van der Waals surface area (Å²) in [6.07, 6.45) is 6.32. The molecule has 0 radical (unpaired) electrons. The molecule has 1 aliphatic rings. The lowest BCUT2D eigenvalue weighted by atomic mass is 10.0. The van der Waals surface area contributed by atoms with Gasteiger partial charge >= 0.3 is 0 Å². The van der Waals surface area contributed by atoms with Crippen molar-refractivity contribution in [1.82, 2.24) is 20.1 Å². The van der Waals surface area contributed by atoms with E-state index in [2.05, 4.69) is 15.4 Å². The molecule has 134 valence electrons. The maximum absolute atomic E-state index is 12.9. The van der Waals surface area contributed by atoms with Gasteiger partial charge in [0.25, 0.3) is 5.91 Å². The number of aliphatic hydroxyl groups is 1. The highest BCUT2D eigenvalue weighted by Crippen LogP contribution is 2.28. The lowest BCUT2D eigenvalue weighted by molar-refractivity contribution is 0.0873. The van der Waals surface area contributed by atoms with Crippen molar-refractivity contribution in [2.45, 2.75) is 38.5 Å². The van der Waals surface area contributed by atoms with E-state index in [9.17, 15) is 9.90 Å². The molecule has 1 aliphatic carbocycles. The molecule has 0 spiro atoms. The third-order valence-electron chi connectivity index (χ3n) is 5.16. The van der Waals surface area contributed by atoms with Crippen LogP contribution in [0.25, 0.3) is 10.8 Å². The van der Waals surface area contributed by atoms with Gasteiger partial charge in [-0.2, -0.15) is 5.10 Å². The number of nitrogens with one attached hydrogen (secondary N) is 1. The number of aliphatic hydroxyl groups excluding tert-OH is 1. The number of carbonyl (C=O) groups excluding carboxylic acids is 1. The summed E-state index contributed by atoms with van der Waals surface area (Å²) < 4.78 is 1.88. The van der Waals surface area contributed by atoms with E-state index in [1.165, 1.54) is 0 Å². The Morgan fingerprint density at radius 1 is 1.31 bits per heavy atom. The quantitative estimate of drug-likeness (QED) is 0.757. The van der Waals surface area contributed by atoms with Crippen molar-refractivity contribution in [3.8, 4) is 0 Å². The third-order valence-corrected chi connectivity index (χ3v) is 5.16. The Labute approximate surface area is 151 Å². The van der Waals surface area contributed by atoms with Crippen LogP contribution in [0.2, 0.25) is 0 Å². The molecule has 0 aliphatic heterocycles. The van der Waals surface area contributed by atoms with E-state index < -0.39 is 6.10 Å². The van der Waals surface area contributed by atoms with Gasteiger partial charge in [-0.25, -0.2) is 0 Å². The maximum atomic E-state index is 12.9. The van der Waals surface area contributed by atoms with Crippen LogP contribution >= 0.6 is 0 Å². The fourth-order valence-corrected chi connectivity index (χ4v) is 3.89.